The number of ether oxygens (including phenoxy) is 1. The fraction of sp³-hybridized carbons (Fsp3) is 0.500. The number of nitrogen functional groups attached to an aromatic ring is 1. The van der Waals surface area contributed by atoms with E-state index >= 15 is 0 Å². The standard InChI is InChI=1S/C14H18FN3O5/c1-7(20)2-3-8-5-18(14(22)17-12(8)16)13-9(4-15)11(21)10(6-19)23-13/h4-5,10-11,13,19,21H,2-3,6H2,1H3,(H2,16,17,22)/b9-4+. The van der Waals surface area contributed by atoms with Crippen LogP contribution in [0.2, 0.25) is 0 Å². The lowest BCUT2D eigenvalue weighted by Crippen LogP contribution is -2.29. The third-order valence-corrected chi connectivity index (χ3v) is 3.65. The molecule has 1 aromatic rings. The second-order valence-corrected chi connectivity index (χ2v) is 5.31. The van der Waals surface area contributed by atoms with Crippen molar-refractivity contribution >= 4 is 11.6 Å². The summed E-state index contributed by atoms with van der Waals surface area (Å²) in [5.41, 5.74) is 5.12. The molecular weight excluding hydrogens is 309 g/mol. The van der Waals surface area contributed by atoms with E-state index in [-0.39, 0.29) is 36.3 Å². The van der Waals surface area contributed by atoms with Crippen LogP contribution < -0.4 is 11.4 Å². The van der Waals surface area contributed by atoms with Crippen LogP contribution in [0.4, 0.5) is 10.2 Å². The molecule has 4 N–H and O–H groups in total. The summed E-state index contributed by atoms with van der Waals surface area (Å²) in [4.78, 5) is 26.7. The summed E-state index contributed by atoms with van der Waals surface area (Å²) in [5.74, 6) is -0.0742. The van der Waals surface area contributed by atoms with Crippen molar-refractivity contribution in [3.8, 4) is 0 Å². The lowest BCUT2D eigenvalue weighted by atomic mass is 10.1. The molecular formula is C14H18FN3O5. The van der Waals surface area contributed by atoms with Crippen molar-refractivity contribution in [1.29, 1.82) is 0 Å². The number of hydrogen-bond acceptors (Lipinski definition) is 7. The summed E-state index contributed by atoms with van der Waals surface area (Å²) in [7, 11) is 0. The normalized spacial score (nSPS) is 25.9. The molecule has 0 bridgehead atoms. The molecule has 2 rings (SSSR count). The smallest absolute Gasteiger partial charge is 0.351 e. The Bertz CT molecular complexity index is 687. The van der Waals surface area contributed by atoms with Gasteiger partial charge in [0.1, 0.15) is 23.8 Å². The summed E-state index contributed by atoms with van der Waals surface area (Å²) < 4.78 is 19.4. The number of nitrogens with two attached hydrogens (primary N) is 1. The van der Waals surface area contributed by atoms with Crippen LogP contribution in [-0.2, 0) is 16.0 Å². The number of carbonyl (C=O) groups is 1. The molecule has 0 aromatic carbocycles. The molecule has 0 radical (unpaired) electrons. The van der Waals surface area contributed by atoms with Crippen LogP contribution in [0.25, 0.3) is 0 Å². The number of halogens is 1. The molecule has 2 heterocycles. The lowest BCUT2D eigenvalue weighted by molar-refractivity contribution is -0.116. The zero-order chi connectivity index (χ0) is 17.1. The molecule has 3 unspecified atom stereocenters. The largest absolute Gasteiger partial charge is 0.394 e. The van der Waals surface area contributed by atoms with Crippen molar-refractivity contribution in [3.05, 3.63) is 34.1 Å². The molecule has 9 heteroatoms. The summed E-state index contributed by atoms with van der Waals surface area (Å²) in [6, 6.07) is 0. The first kappa shape index (κ1) is 17.3. The molecule has 8 nitrogen and oxygen atoms in total. The van der Waals surface area contributed by atoms with Gasteiger partial charge in [0.2, 0.25) is 0 Å². The average Bonchev–Trinajstić information content (AvgIpc) is 2.82. The highest BCUT2D eigenvalue weighted by Gasteiger charge is 2.40. The van der Waals surface area contributed by atoms with E-state index in [4.69, 9.17) is 15.6 Å². The molecule has 0 aliphatic carbocycles. The van der Waals surface area contributed by atoms with Gasteiger partial charge in [0.05, 0.1) is 12.9 Å². The van der Waals surface area contributed by atoms with Crippen molar-refractivity contribution in [1.82, 2.24) is 9.55 Å². The van der Waals surface area contributed by atoms with E-state index in [0.29, 0.717) is 5.56 Å². The van der Waals surface area contributed by atoms with Gasteiger partial charge < -0.3 is 25.5 Å². The zero-order valence-electron chi connectivity index (χ0n) is 12.5. The molecule has 1 aliphatic heterocycles. The topological polar surface area (TPSA) is 128 Å². The maximum Gasteiger partial charge on any atom is 0.351 e. The molecule has 1 saturated heterocycles. The minimum atomic E-state index is -1.37. The summed E-state index contributed by atoms with van der Waals surface area (Å²) in [6.07, 6.45) is -1.71. The lowest BCUT2D eigenvalue weighted by Gasteiger charge is -2.16. The Labute approximate surface area is 131 Å². The van der Waals surface area contributed by atoms with Gasteiger partial charge in [-0.3, -0.25) is 4.57 Å². The molecule has 126 valence electrons. The SMILES string of the molecule is CC(=O)CCc1cn(C2OC(CO)C(O)/C2=C\F)c(=O)nc1N. The number of rotatable bonds is 5. The monoisotopic (exact) mass is 327 g/mol. The van der Waals surface area contributed by atoms with Crippen LogP contribution in [0.15, 0.2) is 22.9 Å². The molecule has 23 heavy (non-hydrogen) atoms. The fourth-order valence-electron chi connectivity index (χ4n) is 2.36. The quantitative estimate of drug-likeness (QED) is 0.662. The Morgan fingerprint density at radius 3 is 2.87 bits per heavy atom. The molecule has 0 amide bonds. The molecule has 1 aliphatic rings. The van der Waals surface area contributed by atoms with Crippen LogP contribution in [0.3, 0.4) is 0 Å². The zero-order valence-corrected chi connectivity index (χ0v) is 12.5. The predicted molar refractivity (Wildman–Crippen MR) is 78.1 cm³/mol. The molecule has 1 fully saturated rings. The molecule has 3 atom stereocenters. The van der Waals surface area contributed by atoms with Gasteiger partial charge in [0, 0.05) is 23.8 Å². The maximum atomic E-state index is 13.1. The summed E-state index contributed by atoms with van der Waals surface area (Å²) >= 11 is 0. The second kappa shape index (κ2) is 6.99. The van der Waals surface area contributed by atoms with Crippen LogP contribution >= 0.6 is 0 Å². The Morgan fingerprint density at radius 2 is 2.30 bits per heavy atom. The number of aliphatic hydroxyl groups is 2. The molecule has 1 aromatic heterocycles. The van der Waals surface area contributed by atoms with Crippen LogP contribution in [0, 0.1) is 0 Å². The van der Waals surface area contributed by atoms with Crippen molar-refractivity contribution in [2.45, 2.75) is 38.2 Å². The van der Waals surface area contributed by atoms with Gasteiger partial charge >= 0.3 is 5.69 Å². The van der Waals surface area contributed by atoms with E-state index in [9.17, 15) is 19.1 Å². The number of aromatic nitrogens is 2. The van der Waals surface area contributed by atoms with Crippen LogP contribution in [0.5, 0.6) is 0 Å². The highest BCUT2D eigenvalue weighted by atomic mass is 19.1. The number of anilines is 1. The van der Waals surface area contributed by atoms with Crippen LogP contribution in [-0.4, -0.2) is 44.4 Å². The number of hydrogen-bond donors (Lipinski definition) is 3. The van der Waals surface area contributed by atoms with E-state index in [0.717, 1.165) is 4.57 Å². The van der Waals surface area contributed by atoms with Crippen molar-refractivity contribution < 1.29 is 24.1 Å². The first-order chi connectivity index (χ1) is 10.9. The Kier molecular flexibility index (Phi) is 5.24. The average molecular weight is 327 g/mol. The third-order valence-electron chi connectivity index (χ3n) is 3.65. The second-order valence-electron chi connectivity index (χ2n) is 5.31. The number of aryl methyl sites for hydroxylation is 1. The predicted octanol–water partition coefficient (Wildman–Crippen LogP) is -0.549. The number of aliphatic hydroxyl groups excluding tert-OH is 2. The van der Waals surface area contributed by atoms with Gasteiger partial charge in [-0.1, -0.05) is 0 Å². The number of nitrogens with zero attached hydrogens (tertiary/aromatic N) is 2. The minimum Gasteiger partial charge on any atom is -0.394 e. The number of ketones is 1. The fourth-order valence-corrected chi connectivity index (χ4v) is 2.36. The van der Waals surface area contributed by atoms with Crippen LogP contribution in [0.1, 0.15) is 25.1 Å². The van der Waals surface area contributed by atoms with Gasteiger partial charge in [0.15, 0.2) is 6.23 Å². The Morgan fingerprint density at radius 1 is 1.61 bits per heavy atom. The van der Waals surface area contributed by atoms with Crippen molar-refractivity contribution in [2.75, 3.05) is 12.3 Å². The minimum absolute atomic E-state index is 0.0180. The first-order valence-corrected chi connectivity index (χ1v) is 7.00. The van der Waals surface area contributed by atoms with E-state index in [1.165, 1.54) is 13.1 Å². The molecule has 0 saturated carbocycles. The van der Waals surface area contributed by atoms with Gasteiger partial charge in [-0.25, -0.2) is 9.18 Å². The van der Waals surface area contributed by atoms with Gasteiger partial charge in [-0.2, -0.15) is 4.98 Å². The van der Waals surface area contributed by atoms with E-state index in [1.54, 1.807) is 0 Å². The third kappa shape index (κ3) is 3.46. The number of carbonyl (C=O) groups excluding carboxylic acids is 1. The Balaban J connectivity index is 2.40. The molecule has 0 spiro atoms. The van der Waals surface area contributed by atoms with Crippen molar-refractivity contribution in [3.63, 3.8) is 0 Å². The van der Waals surface area contributed by atoms with Gasteiger partial charge in [0.25, 0.3) is 0 Å². The number of Topliss-reactive ketones (excluding diaryl/α,β-unsaturated/α-hetero) is 1. The highest BCUT2D eigenvalue weighted by molar-refractivity contribution is 5.75. The first-order valence-electron chi connectivity index (χ1n) is 7.00. The van der Waals surface area contributed by atoms with E-state index in [2.05, 4.69) is 4.98 Å². The summed E-state index contributed by atoms with van der Waals surface area (Å²) in [5, 5.41) is 19.0. The van der Waals surface area contributed by atoms with E-state index in [1.807, 2.05) is 0 Å². The maximum absolute atomic E-state index is 13.1. The van der Waals surface area contributed by atoms with Gasteiger partial charge in [-0.05, 0) is 13.3 Å². The Hall–Kier alpha value is -2.10. The highest BCUT2D eigenvalue weighted by Crippen LogP contribution is 2.33. The van der Waals surface area contributed by atoms with Gasteiger partial charge in [-0.15, -0.1) is 0 Å². The van der Waals surface area contributed by atoms with Crippen molar-refractivity contribution in [2.24, 2.45) is 0 Å². The van der Waals surface area contributed by atoms with E-state index < -0.39 is 30.7 Å². The summed E-state index contributed by atoms with van der Waals surface area (Å²) in [6.45, 7) is 0.884.